The molecular weight excluding hydrogens is 364 g/mol. The second-order valence-electron chi connectivity index (χ2n) is 3.82. The molecule has 0 atom stereocenters. The van der Waals surface area contributed by atoms with Crippen LogP contribution < -0.4 is 0 Å². The van der Waals surface area contributed by atoms with Crippen molar-refractivity contribution in [2.45, 2.75) is 10.8 Å². The first-order chi connectivity index (χ1) is 10.1. The van der Waals surface area contributed by atoms with Crippen molar-refractivity contribution < 1.29 is 23.2 Å². The van der Waals surface area contributed by atoms with Gasteiger partial charge in [-0.15, -0.1) is 10.2 Å². The maximum absolute atomic E-state index is 10.7. The maximum atomic E-state index is 10.7. The summed E-state index contributed by atoms with van der Waals surface area (Å²) in [7, 11) is 0. The topological polar surface area (TPSA) is 102 Å². The van der Waals surface area contributed by atoms with Gasteiger partial charge in [0, 0.05) is 0 Å². The second kappa shape index (κ2) is 5.78. The van der Waals surface area contributed by atoms with Crippen molar-refractivity contribution in [1.82, 2.24) is 10.2 Å². The molecule has 9 heteroatoms. The first-order valence-corrected chi connectivity index (χ1v) is 7.43. The third-order valence-corrected chi connectivity index (χ3v) is 3.70. The Bertz CT molecular complexity index is 778. The Balaban J connectivity index is 1.65. The zero-order valence-corrected chi connectivity index (χ0v) is 12.7. The molecule has 0 aliphatic heterocycles. The van der Waals surface area contributed by atoms with E-state index in [0.717, 1.165) is 0 Å². The van der Waals surface area contributed by atoms with Gasteiger partial charge in [0.1, 0.15) is 0 Å². The summed E-state index contributed by atoms with van der Waals surface area (Å²) >= 11 is 4.45. The molecule has 0 aliphatic rings. The van der Waals surface area contributed by atoms with Gasteiger partial charge in [-0.25, -0.2) is 4.79 Å². The molecule has 0 aliphatic carbocycles. The molecule has 0 saturated heterocycles. The predicted molar refractivity (Wildman–Crippen MR) is 74.9 cm³/mol. The van der Waals surface area contributed by atoms with Gasteiger partial charge in [0.15, 0.2) is 15.5 Å². The van der Waals surface area contributed by atoms with Gasteiger partial charge in [-0.05, 0) is 40.2 Å². The number of carboxylic acid groups (broad SMARTS) is 1. The van der Waals surface area contributed by atoms with Crippen molar-refractivity contribution in [2.24, 2.45) is 0 Å². The summed E-state index contributed by atoms with van der Waals surface area (Å²) in [6.07, 6.45) is 0. The number of hydrogen-bond donors (Lipinski definition) is 1. The Kier molecular flexibility index (Phi) is 3.84. The summed E-state index contributed by atoms with van der Waals surface area (Å²) < 4.78 is 16.4. The van der Waals surface area contributed by atoms with Crippen molar-refractivity contribution in [2.75, 3.05) is 0 Å². The summed E-state index contributed by atoms with van der Waals surface area (Å²) in [6.45, 7) is 0. The van der Waals surface area contributed by atoms with Gasteiger partial charge in [-0.2, -0.15) is 0 Å². The molecule has 108 valence electrons. The van der Waals surface area contributed by atoms with Crippen LogP contribution in [0.3, 0.4) is 0 Å². The average Bonchev–Trinajstić information content (AvgIpc) is 3.16. The number of carbonyl (C=O) groups is 1. The monoisotopic (exact) mass is 370 g/mol. The molecule has 1 N–H and O–H groups in total. The van der Waals surface area contributed by atoms with Crippen molar-refractivity contribution in [3.63, 3.8) is 0 Å². The highest BCUT2D eigenvalue weighted by Gasteiger charge is 2.14. The minimum Gasteiger partial charge on any atom is -0.475 e. The Morgan fingerprint density at radius 1 is 1.19 bits per heavy atom. The highest BCUT2D eigenvalue weighted by atomic mass is 79.9. The summed E-state index contributed by atoms with van der Waals surface area (Å²) in [5, 5.41) is 17.0. The first kappa shape index (κ1) is 14.0. The quantitative estimate of drug-likeness (QED) is 0.678. The summed E-state index contributed by atoms with van der Waals surface area (Å²) in [5.41, 5.74) is 0. The number of aromatic carboxylic acids is 1. The SMILES string of the molecule is O=C(O)c1ccc(SCc2nnc(-c3ccc(Br)o3)o2)o1. The molecule has 0 bridgehead atoms. The number of carboxylic acids is 1. The Morgan fingerprint density at radius 3 is 2.71 bits per heavy atom. The number of aromatic nitrogens is 2. The molecular formula is C12H7BrN2O5S. The standard InChI is InChI=1S/C12H7BrN2O5S/c13-8-3-1-6(18-8)11-15-14-9(20-11)5-21-10-4-2-7(19-10)12(16)17/h1-4H,5H2,(H,16,17). The number of hydrogen-bond acceptors (Lipinski definition) is 7. The van der Waals surface area contributed by atoms with Crippen LogP contribution in [0.5, 0.6) is 0 Å². The highest BCUT2D eigenvalue weighted by Crippen LogP contribution is 2.27. The van der Waals surface area contributed by atoms with Crippen LogP contribution in [-0.2, 0) is 5.75 Å². The maximum Gasteiger partial charge on any atom is 0.371 e. The normalized spacial score (nSPS) is 10.9. The molecule has 3 aromatic rings. The Hall–Kier alpha value is -2.00. The van der Waals surface area contributed by atoms with Crippen LogP contribution in [0.1, 0.15) is 16.4 Å². The third-order valence-electron chi connectivity index (χ3n) is 2.38. The molecule has 0 amide bonds. The molecule has 0 spiro atoms. The van der Waals surface area contributed by atoms with E-state index in [-0.39, 0.29) is 11.7 Å². The zero-order chi connectivity index (χ0) is 14.8. The fraction of sp³-hybridized carbons (Fsp3) is 0.0833. The van der Waals surface area contributed by atoms with Crippen molar-refractivity contribution in [3.05, 3.63) is 40.6 Å². The van der Waals surface area contributed by atoms with E-state index in [9.17, 15) is 4.79 Å². The largest absolute Gasteiger partial charge is 0.475 e. The molecule has 7 nitrogen and oxygen atoms in total. The number of rotatable bonds is 5. The second-order valence-corrected chi connectivity index (χ2v) is 5.58. The van der Waals surface area contributed by atoms with E-state index in [2.05, 4.69) is 26.1 Å². The molecule has 3 heterocycles. The van der Waals surface area contributed by atoms with E-state index < -0.39 is 5.97 Å². The van der Waals surface area contributed by atoms with Crippen LogP contribution in [0.15, 0.2) is 47.3 Å². The van der Waals surface area contributed by atoms with Gasteiger partial charge >= 0.3 is 5.97 Å². The molecule has 0 unspecified atom stereocenters. The minimum atomic E-state index is -1.11. The molecule has 0 saturated carbocycles. The smallest absolute Gasteiger partial charge is 0.371 e. The fourth-order valence-electron chi connectivity index (χ4n) is 1.49. The predicted octanol–water partition coefficient (Wildman–Crippen LogP) is 3.68. The number of thioether (sulfide) groups is 1. The third kappa shape index (κ3) is 3.19. The van der Waals surface area contributed by atoms with E-state index in [1.165, 1.54) is 17.8 Å². The van der Waals surface area contributed by atoms with Gasteiger partial charge in [0.05, 0.1) is 5.75 Å². The molecule has 3 aromatic heterocycles. The van der Waals surface area contributed by atoms with Gasteiger partial charge in [0.2, 0.25) is 11.7 Å². The van der Waals surface area contributed by atoms with E-state index in [1.54, 1.807) is 18.2 Å². The van der Waals surface area contributed by atoms with Crippen molar-refractivity contribution >= 4 is 33.7 Å². The highest BCUT2D eigenvalue weighted by molar-refractivity contribution is 9.10. The van der Waals surface area contributed by atoms with Crippen molar-refractivity contribution in [1.29, 1.82) is 0 Å². The summed E-state index contributed by atoms with van der Waals surface area (Å²) in [5.74, 6) is 0.283. The summed E-state index contributed by atoms with van der Waals surface area (Å²) in [4.78, 5) is 10.7. The van der Waals surface area contributed by atoms with E-state index >= 15 is 0 Å². The van der Waals surface area contributed by atoms with Crippen molar-refractivity contribution in [3.8, 4) is 11.7 Å². The lowest BCUT2D eigenvalue weighted by molar-refractivity contribution is 0.0656. The minimum absolute atomic E-state index is 0.107. The lowest BCUT2D eigenvalue weighted by Crippen LogP contribution is -1.91. The number of halogens is 1. The zero-order valence-electron chi connectivity index (χ0n) is 10.3. The molecule has 0 radical (unpaired) electrons. The molecule has 3 rings (SSSR count). The lowest BCUT2D eigenvalue weighted by Gasteiger charge is -1.92. The van der Waals surface area contributed by atoms with E-state index in [0.29, 0.717) is 27.2 Å². The lowest BCUT2D eigenvalue weighted by atomic mass is 10.5. The van der Waals surface area contributed by atoms with Crippen LogP contribution >= 0.6 is 27.7 Å². The van der Waals surface area contributed by atoms with E-state index in [1.807, 2.05) is 0 Å². The molecule has 0 fully saturated rings. The van der Waals surface area contributed by atoms with Gasteiger partial charge in [-0.1, -0.05) is 11.8 Å². The summed E-state index contributed by atoms with van der Waals surface area (Å²) in [6, 6.07) is 6.41. The molecule has 21 heavy (non-hydrogen) atoms. The average molecular weight is 371 g/mol. The van der Waals surface area contributed by atoms with Gasteiger partial charge < -0.3 is 18.4 Å². The number of nitrogens with zero attached hydrogens (tertiary/aromatic N) is 2. The Morgan fingerprint density at radius 2 is 2.05 bits per heavy atom. The van der Waals surface area contributed by atoms with Crippen LogP contribution in [0.25, 0.3) is 11.7 Å². The Labute approximate surface area is 130 Å². The fourth-order valence-corrected chi connectivity index (χ4v) is 2.49. The van der Waals surface area contributed by atoms with Gasteiger partial charge in [-0.3, -0.25) is 0 Å². The first-order valence-electron chi connectivity index (χ1n) is 5.66. The van der Waals surface area contributed by atoms with E-state index in [4.69, 9.17) is 18.4 Å². The number of furan rings is 2. The van der Waals surface area contributed by atoms with Gasteiger partial charge in [0.25, 0.3) is 5.89 Å². The van der Waals surface area contributed by atoms with Crippen LogP contribution in [0.4, 0.5) is 0 Å². The molecule has 0 aromatic carbocycles. The van der Waals surface area contributed by atoms with Crippen LogP contribution in [0.2, 0.25) is 0 Å². The van der Waals surface area contributed by atoms with Crippen LogP contribution in [0, 0.1) is 0 Å². The van der Waals surface area contributed by atoms with Crippen LogP contribution in [-0.4, -0.2) is 21.3 Å².